The van der Waals surface area contributed by atoms with Crippen LogP contribution in [0.1, 0.15) is 53.2 Å². The maximum Gasteiger partial charge on any atom is 0.251 e. The van der Waals surface area contributed by atoms with Crippen molar-refractivity contribution in [1.29, 1.82) is 0 Å². The van der Waals surface area contributed by atoms with E-state index in [2.05, 4.69) is 77.8 Å². The van der Waals surface area contributed by atoms with Gasteiger partial charge in [-0.1, -0.05) is 66.6 Å². The first-order valence-electron chi connectivity index (χ1n) is 12.3. The van der Waals surface area contributed by atoms with Crippen molar-refractivity contribution in [3.8, 4) is 0 Å². The molecule has 1 saturated heterocycles. The minimum Gasteiger partial charge on any atom is -0.322 e. The first kappa shape index (κ1) is 22.9. The highest BCUT2D eigenvalue weighted by Gasteiger charge is 2.24. The minimum absolute atomic E-state index is 0.0156. The highest BCUT2D eigenvalue weighted by Crippen LogP contribution is 2.44. The van der Waals surface area contributed by atoms with Gasteiger partial charge in [0.2, 0.25) is 0 Å². The monoisotopic (exact) mass is 468 g/mol. The number of likely N-dealkylation sites (tertiary alicyclic amines) is 1. The van der Waals surface area contributed by atoms with Gasteiger partial charge in [-0.25, -0.2) is 0 Å². The second-order valence-corrected chi connectivity index (χ2v) is 10.7. The van der Waals surface area contributed by atoms with Gasteiger partial charge in [-0.3, -0.25) is 9.69 Å². The van der Waals surface area contributed by atoms with Crippen LogP contribution in [0.3, 0.4) is 0 Å². The van der Waals surface area contributed by atoms with Crippen LogP contribution < -0.4 is 5.32 Å². The van der Waals surface area contributed by atoms with Crippen molar-refractivity contribution in [2.45, 2.75) is 49.3 Å². The lowest BCUT2D eigenvalue weighted by Crippen LogP contribution is -2.29. The van der Waals surface area contributed by atoms with E-state index in [0.29, 0.717) is 6.42 Å². The number of hydrogen-bond donors (Lipinski definition) is 1. The van der Waals surface area contributed by atoms with Crippen LogP contribution in [0.5, 0.6) is 0 Å². The molecular weight excluding hydrogens is 436 g/mol. The summed E-state index contributed by atoms with van der Waals surface area (Å²) in [6, 6.07) is 25.4. The van der Waals surface area contributed by atoms with E-state index in [1.165, 1.54) is 53.9 Å². The number of thioether (sulfide) groups is 1. The van der Waals surface area contributed by atoms with Gasteiger partial charge in [-0.15, -0.1) is 11.8 Å². The number of anilines is 1. The smallest absolute Gasteiger partial charge is 0.251 e. The largest absolute Gasteiger partial charge is 0.322 e. The number of fused-ring (bicyclic) bond motifs is 1. The molecule has 1 atom stereocenters. The van der Waals surface area contributed by atoms with E-state index in [-0.39, 0.29) is 11.2 Å². The molecule has 1 N–H and O–H groups in total. The van der Waals surface area contributed by atoms with Gasteiger partial charge in [-0.2, -0.15) is 0 Å². The standard InChI is InChI=1S/C30H32N2OS/c1-22-9-13-24(14-10-22)29-20-26(19-25-7-3-4-8-28(25)34-29)30(33)31-27-15-11-23(12-16-27)21-32-17-5-2-6-18-32/h3-4,7-16,19,29H,2,5-6,17-18,20-21H2,1H3,(H,31,33). The van der Waals surface area contributed by atoms with Crippen LogP contribution in [0.25, 0.3) is 6.08 Å². The maximum absolute atomic E-state index is 13.4. The van der Waals surface area contributed by atoms with Crippen molar-refractivity contribution >= 4 is 29.4 Å². The van der Waals surface area contributed by atoms with E-state index in [4.69, 9.17) is 0 Å². The predicted octanol–water partition coefficient (Wildman–Crippen LogP) is 7.24. The Morgan fingerprint density at radius 1 is 0.941 bits per heavy atom. The minimum atomic E-state index is -0.0156. The molecule has 0 bridgehead atoms. The van der Waals surface area contributed by atoms with E-state index in [9.17, 15) is 4.79 Å². The van der Waals surface area contributed by atoms with Gasteiger partial charge in [0.25, 0.3) is 5.91 Å². The fourth-order valence-corrected chi connectivity index (χ4v) is 6.04. The Bertz CT molecular complexity index is 1160. The number of nitrogens with one attached hydrogen (secondary N) is 1. The Balaban J connectivity index is 1.32. The van der Waals surface area contributed by atoms with Crippen LogP contribution in [0.2, 0.25) is 0 Å². The zero-order valence-electron chi connectivity index (χ0n) is 19.8. The summed E-state index contributed by atoms with van der Waals surface area (Å²) < 4.78 is 0. The summed E-state index contributed by atoms with van der Waals surface area (Å²) in [7, 11) is 0. The molecule has 2 aliphatic heterocycles. The number of amides is 1. The molecule has 3 aromatic rings. The Morgan fingerprint density at radius 2 is 1.68 bits per heavy atom. The number of benzene rings is 3. The van der Waals surface area contributed by atoms with Gasteiger partial charge in [0.05, 0.1) is 0 Å². The van der Waals surface area contributed by atoms with Crippen LogP contribution in [-0.2, 0) is 11.3 Å². The number of rotatable bonds is 5. The molecule has 0 aromatic heterocycles. The number of nitrogens with zero attached hydrogens (tertiary/aromatic N) is 1. The lowest BCUT2D eigenvalue weighted by atomic mass is 10.0. The molecule has 1 amide bonds. The topological polar surface area (TPSA) is 32.3 Å². The molecule has 3 nitrogen and oxygen atoms in total. The average Bonchev–Trinajstić information content (AvgIpc) is 3.06. The molecule has 174 valence electrons. The molecule has 1 fully saturated rings. The molecule has 4 heteroatoms. The number of aryl methyl sites for hydroxylation is 1. The lowest BCUT2D eigenvalue weighted by Gasteiger charge is -2.26. The molecule has 5 rings (SSSR count). The first-order valence-corrected chi connectivity index (χ1v) is 13.2. The van der Waals surface area contributed by atoms with Crippen molar-refractivity contribution in [3.05, 3.63) is 101 Å². The normalized spacial score (nSPS) is 18.5. The van der Waals surface area contributed by atoms with E-state index >= 15 is 0 Å². The first-order chi connectivity index (χ1) is 16.6. The summed E-state index contributed by atoms with van der Waals surface area (Å²) in [5.74, 6) is -0.0156. The molecule has 0 aliphatic carbocycles. The summed E-state index contributed by atoms with van der Waals surface area (Å²) in [5.41, 5.74) is 6.60. The van der Waals surface area contributed by atoms with Gasteiger partial charge in [-0.05, 0) is 80.2 Å². The quantitative estimate of drug-likeness (QED) is 0.428. The fourth-order valence-electron chi connectivity index (χ4n) is 4.75. The zero-order valence-corrected chi connectivity index (χ0v) is 20.6. The second kappa shape index (κ2) is 10.6. The van der Waals surface area contributed by atoms with E-state index in [1.807, 2.05) is 30.0 Å². The van der Waals surface area contributed by atoms with Crippen molar-refractivity contribution in [2.24, 2.45) is 0 Å². The Morgan fingerprint density at radius 3 is 2.44 bits per heavy atom. The highest BCUT2D eigenvalue weighted by molar-refractivity contribution is 7.99. The second-order valence-electron chi connectivity index (χ2n) is 9.42. The third kappa shape index (κ3) is 5.63. The molecule has 0 spiro atoms. The molecule has 1 unspecified atom stereocenters. The Labute approximate surface area is 207 Å². The van der Waals surface area contributed by atoms with Crippen LogP contribution in [0.4, 0.5) is 5.69 Å². The molecule has 34 heavy (non-hydrogen) atoms. The fraction of sp³-hybridized carbons (Fsp3) is 0.300. The van der Waals surface area contributed by atoms with Crippen molar-refractivity contribution < 1.29 is 4.79 Å². The SMILES string of the molecule is Cc1ccc(C2CC(C(=O)Nc3ccc(CN4CCCCC4)cc3)=Cc3ccccc3S2)cc1. The number of carbonyl (C=O) groups excluding carboxylic acids is 1. The van der Waals surface area contributed by atoms with Crippen molar-refractivity contribution in [2.75, 3.05) is 18.4 Å². The summed E-state index contributed by atoms with van der Waals surface area (Å²) >= 11 is 1.85. The van der Waals surface area contributed by atoms with Crippen LogP contribution >= 0.6 is 11.8 Å². The van der Waals surface area contributed by atoms with Crippen molar-refractivity contribution in [3.63, 3.8) is 0 Å². The molecule has 0 saturated carbocycles. The van der Waals surface area contributed by atoms with Gasteiger partial charge >= 0.3 is 0 Å². The number of piperidine rings is 1. The molecule has 2 aliphatic rings. The zero-order chi connectivity index (χ0) is 23.3. The van der Waals surface area contributed by atoms with E-state index in [0.717, 1.165) is 23.4 Å². The van der Waals surface area contributed by atoms with E-state index < -0.39 is 0 Å². The van der Waals surface area contributed by atoms with Gasteiger partial charge < -0.3 is 5.32 Å². The van der Waals surface area contributed by atoms with E-state index in [1.54, 1.807) is 0 Å². The lowest BCUT2D eigenvalue weighted by molar-refractivity contribution is -0.112. The summed E-state index contributed by atoms with van der Waals surface area (Å²) in [6.45, 7) is 5.48. The van der Waals surface area contributed by atoms with Crippen LogP contribution in [0.15, 0.2) is 83.3 Å². The molecular formula is C30H32N2OS. The molecule has 3 aromatic carbocycles. The van der Waals surface area contributed by atoms with Crippen LogP contribution in [0, 0.1) is 6.92 Å². The summed E-state index contributed by atoms with van der Waals surface area (Å²) in [5, 5.41) is 3.35. The van der Waals surface area contributed by atoms with Gasteiger partial charge in [0, 0.05) is 28.0 Å². The number of hydrogen-bond acceptors (Lipinski definition) is 3. The average molecular weight is 469 g/mol. The van der Waals surface area contributed by atoms with Gasteiger partial charge in [0.15, 0.2) is 0 Å². The molecule has 0 radical (unpaired) electrons. The maximum atomic E-state index is 13.4. The predicted molar refractivity (Wildman–Crippen MR) is 143 cm³/mol. The Hall–Kier alpha value is -2.82. The summed E-state index contributed by atoms with van der Waals surface area (Å²) in [6.07, 6.45) is 6.71. The van der Waals surface area contributed by atoms with Crippen molar-refractivity contribution in [1.82, 2.24) is 4.90 Å². The number of carbonyl (C=O) groups is 1. The highest BCUT2D eigenvalue weighted by atomic mass is 32.2. The summed E-state index contributed by atoms with van der Waals surface area (Å²) in [4.78, 5) is 17.1. The third-order valence-corrected chi connectivity index (χ3v) is 8.08. The van der Waals surface area contributed by atoms with Gasteiger partial charge in [0.1, 0.15) is 0 Å². The van der Waals surface area contributed by atoms with Crippen LogP contribution in [-0.4, -0.2) is 23.9 Å². The third-order valence-electron chi connectivity index (χ3n) is 6.73. The Kier molecular flexibility index (Phi) is 7.17. The molecule has 2 heterocycles.